The second kappa shape index (κ2) is 7.54. The first kappa shape index (κ1) is 16.6. The fraction of sp³-hybridized carbons (Fsp3) is 0.333. The highest BCUT2D eigenvalue weighted by molar-refractivity contribution is 9.10. The lowest BCUT2D eigenvalue weighted by Crippen LogP contribution is -2.20. The molecule has 1 aliphatic heterocycles. The van der Waals surface area contributed by atoms with E-state index in [1.165, 1.54) is 6.33 Å². The first-order valence-electron chi connectivity index (χ1n) is 7.51. The molecule has 1 saturated heterocycles. The molecule has 0 amide bonds. The van der Waals surface area contributed by atoms with E-state index in [0.717, 1.165) is 23.9 Å². The highest BCUT2D eigenvalue weighted by atomic mass is 79.9. The molecule has 3 rings (SSSR count). The van der Waals surface area contributed by atoms with E-state index >= 15 is 0 Å². The summed E-state index contributed by atoms with van der Waals surface area (Å²) in [6.45, 7) is 1.21. The minimum atomic E-state index is -0.489. The molecule has 1 aromatic heterocycles. The number of anilines is 3. The van der Waals surface area contributed by atoms with Gasteiger partial charge in [0.2, 0.25) is 11.6 Å². The zero-order valence-electron chi connectivity index (χ0n) is 12.7. The van der Waals surface area contributed by atoms with Crippen LogP contribution in [-0.2, 0) is 4.74 Å². The highest BCUT2D eigenvalue weighted by Crippen LogP contribution is 2.33. The molecule has 9 heteroatoms. The minimum absolute atomic E-state index is 0.0549. The predicted molar refractivity (Wildman–Crippen MR) is 93.6 cm³/mol. The lowest BCUT2D eigenvalue weighted by molar-refractivity contribution is -0.383. The van der Waals surface area contributed by atoms with Gasteiger partial charge < -0.3 is 15.4 Å². The van der Waals surface area contributed by atoms with Gasteiger partial charge in [-0.2, -0.15) is 0 Å². The summed E-state index contributed by atoms with van der Waals surface area (Å²) < 4.78 is 6.30. The Morgan fingerprint density at radius 1 is 1.33 bits per heavy atom. The SMILES string of the molecule is O=[N+]([O-])c1c(NCC2CCCO2)ncnc1Nc1ccccc1Br. The molecule has 0 saturated carbocycles. The number of rotatable bonds is 6. The molecule has 0 bridgehead atoms. The van der Waals surface area contributed by atoms with E-state index in [1.807, 2.05) is 18.2 Å². The molecule has 126 valence electrons. The summed E-state index contributed by atoms with van der Waals surface area (Å²) in [4.78, 5) is 19.1. The Bertz CT molecular complexity index is 737. The Kier molecular flexibility index (Phi) is 5.21. The van der Waals surface area contributed by atoms with Gasteiger partial charge in [-0.15, -0.1) is 0 Å². The van der Waals surface area contributed by atoms with E-state index in [9.17, 15) is 10.1 Å². The maximum atomic E-state index is 11.5. The van der Waals surface area contributed by atoms with Crippen LogP contribution in [0.3, 0.4) is 0 Å². The minimum Gasteiger partial charge on any atom is -0.376 e. The summed E-state index contributed by atoms with van der Waals surface area (Å²) >= 11 is 3.40. The van der Waals surface area contributed by atoms with E-state index in [1.54, 1.807) is 6.07 Å². The summed E-state index contributed by atoms with van der Waals surface area (Å²) in [6, 6.07) is 7.33. The van der Waals surface area contributed by atoms with E-state index < -0.39 is 4.92 Å². The fourth-order valence-electron chi connectivity index (χ4n) is 2.48. The van der Waals surface area contributed by atoms with Gasteiger partial charge in [0.05, 0.1) is 16.7 Å². The number of nitrogens with zero attached hydrogens (tertiary/aromatic N) is 3. The number of ether oxygens (including phenoxy) is 1. The van der Waals surface area contributed by atoms with Crippen molar-refractivity contribution in [3.05, 3.63) is 45.2 Å². The quantitative estimate of drug-likeness (QED) is 0.571. The van der Waals surface area contributed by atoms with E-state index in [2.05, 4.69) is 36.5 Å². The van der Waals surface area contributed by atoms with Crippen LogP contribution < -0.4 is 10.6 Å². The molecule has 1 fully saturated rings. The number of hydrogen-bond acceptors (Lipinski definition) is 7. The van der Waals surface area contributed by atoms with Crippen LogP contribution in [0.25, 0.3) is 0 Å². The summed E-state index contributed by atoms with van der Waals surface area (Å²) in [5, 5.41) is 17.5. The van der Waals surface area contributed by atoms with Crippen LogP contribution in [0, 0.1) is 10.1 Å². The average Bonchev–Trinajstić information content (AvgIpc) is 3.08. The Balaban J connectivity index is 1.84. The second-order valence-electron chi connectivity index (χ2n) is 5.30. The van der Waals surface area contributed by atoms with Gasteiger partial charge in [0, 0.05) is 17.6 Å². The van der Waals surface area contributed by atoms with Gasteiger partial charge in [-0.1, -0.05) is 12.1 Å². The van der Waals surface area contributed by atoms with Crippen molar-refractivity contribution in [1.82, 2.24) is 9.97 Å². The van der Waals surface area contributed by atoms with Crippen molar-refractivity contribution in [3.63, 3.8) is 0 Å². The average molecular weight is 394 g/mol. The van der Waals surface area contributed by atoms with Gasteiger partial charge in [-0.25, -0.2) is 9.97 Å². The maximum Gasteiger partial charge on any atom is 0.353 e. The van der Waals surface area contributed by atoms with Crippen LogP contribution in [-0.4, -0.2) is 34.1 Å². The molecular weight excluding hydrogens is 378 g/mol. The van der Waals surface area contributed by atoms with Gasteiger partial charge in [-0.05, 0) is 40.9 Å². The third-order valence-corrected chi connectivity index (χ3v) is 4.34. The van der Waals surface area contributed by atoms with Crippen molar-refractivity contribution < 1.29 is 9.66 Å². The number of nitrogens with one attached hydrogen (secondary N) is 2. The van der Waals surface area contributed by atoms with Crippen LogP contribution >= 0.6 is 15.9 Å². The molecule has 1 atom stereocenters. The van der Waals surface area contributed by atoms with Crippen LogP contribution in [0.2, 0.25) is 0 Å². The molecule has 1 aromatic carbocycles. The van der Waals surface area contributed by atoms with Crippen molar-refractivity contribution in [2.75, 3.05) is 23.8 Å². The van der Waals surface area contributed by atoms with Crippen LogP contribution in [0.15, 0.2) is 35.1 Å². The number of aromatic nitrogens is 2. The largest absolute Gasteiger partial charge is 0.376 e. The molecule has 0 radical (unpaired) electrons. The van der Waals surface area contributed by atoms with Gasteiger partial charge in [0.25, 0.3) is 0 Å². The molecule has 2 N–H and O–H groups in total. The van der Waals surface area contributed by atoms with Crippen molar-refractivity contribution in [2.24, 2.45) is 0 Å². The lowest BCUT2D eigenvalue weighted by Gasteiger charge is -2.13. The first-order valence-corrected chi connectivity index (χ1v) is 8.31. The maximum absolute atomic E-state index is 11.5. The van der Waals surface area contributed by atoms with Crippen molar-refractivity contribution in [1.29, 1.82) is 0 Å². The molecule has 1 unspecified atom stereocenters. The van der Waals surface area contributed by atoms with Crippen LogP contribution in [0.4, 0.5) is 23.0 Å². The zero-order valence-corrected chi connectivity index (χ0v) is 14.3. The Labute approximate surface area is 146 Å². The highest BCUT2D eigenvalue weighted by Gasteiger charge is 2.25. The number of para-hydroxylation sites is 1. The van der Waals surface area contributed by atoms with Gasteiger partial charge in [0.1, 0.15) is 6.33 Å². The number of nitro groups is 1. The summed E-state index contributed by atoms with van der Waals surface area (Å²) in [7, 11) is 0. The Morgan fingerprint density at radius 2 is 2.12 bits per heavy atom. The van der Waals surface area contributed by atoms with Gasteiger partial charge >= 0.3 is 5.69 Å². The van der Waals surface area contributed by atoms with Gasteiger partial charge in [0.15, 0.2) is 0 Å². The summed E-state index contributed by atoms with van der Waals surface area (Å²) in [5.74, 6) is 0.316. The molecule has 1 aliphatic rings. The summed E-state index contributed by atoms with van der Waals surface area (Å²) in [6.07, 6.45) is 3.30. The monoisotopic (exact) mass is 393 g/mol. The molecule has 2 heterocycles. The Hall–Kier alpha value is -2.26. The number of hydrogen-bond donors (Lipinski definition) is 2. The smallest absolute Gasteiger partial charge is 0.353 e. The topological polar surface area (TPSA) is 102 Å². The van der Waals surface area contributed by atoms with E-state index in [-0.39, 0.29) is 23.4 Å². The van der Waals surface area contributed by atoms with Crippen LogP contribution in [0.5, 0.6) is 0 Å². The molecule has 0 spiro atoms. The van der Waals surface area contributed by atoms with Crippen LogP contribution in [0.1, 0.15) is 12.8 Å². The molecule has 0 aliphatic carbocycles. The summed E-state index contributed by atoms with van der Waals surface area (Å²) in [5.41, 5.74) is 0.496. The van der Waals surface area contributed by atoms with E-state index in [4.69, 9.17) is 4.74 Å². The second-order valence-corrected chi connectivity index (χ2v) is 6.15. The lowest BCUT2D eigenvalue weighted by atomic mass is 10.2. The molecule has 24 heavy (non-hydrogen) atoms. The molecular formula is C15H16BrN5O3. The van der Waals surface area contributed by atoms with Crippen molar-refractivity contribution >= 4 is 38.9 Å². The normalized spacial score (nSPS) is 16.8. The fourth-order valence-corrected chi connectivity index (χ4v) is 2.86. The Morgan fingerprint density at radius 3 is 2.83 bits per heavy atom. The zero-order chi connectivity index (χ0) is 16.9. The molecule has 8 nitrogen and oxygen atoms in total. The standard InChI is InChI=1S/C15H16BrN5O3/c16-11-5-1-2-6-12(11)20-15-13(21(22)23)14(18-9-19-15)17-8-10-4-3-7-24-10/h1-2,5-6,9-10H,3-4,7-8H2,(H2,17,18,19,20). The number of benzene rings is 1. The molecule has 2 aromatic rings. The number of halogens is 1. The third-order valence-electron chi connectivity index (χ3n) is 3.65. The van der Waals surface area contributed by atoms with Crippen molar-refractivity contribution in [3.8, 4) is 0 Å². The first-order chi connectivity index (χ1) is 11.6. The van der Waals surface area contributed by atoms with Gasteiger partial charge in [-0.3, -0.25) is 10.1 Å². The van der Waals surface area contributed by atoms with E-state index in [0.29, 0.717) is 12.2 Å². The third kappa shape index (κ3) is 3.80. The predicted octanol–water partition coefficient (Wildman–Crippen LogP) is 3.48. The van der Waals surface area contributed by atoms with Crippen molar-refractivity contribution in [2.45, 2.75) is 18.9 Å².